The van der Waals surface area contributed by atoms with Crippen LogP contribution in [0.25, 0.3) is 0 Å². The molecule has 25 heavy (non-hydrogen) atoms. The summed E-state index contributed by atoms with van der Waals surface area (Å²) in [4.78, 5) is 8.83. The molecule has 1 unspecified atom stereocenters. The maximum Gasteiger partial charge on any atom is 0.225 e. The van der Waals surface area contributed by atoms with E-state index < -0.39 is 0 Å². The number of rotatable bonds is 7. The fraction of sp³-hybridized carbons (Fsp3) is 0.200. The van der Waals surface area contributed by atoms with E-state index >= 15 is 0 Å². The van der Waals surface area contributed by atoms with Crippen molar-refractivity contribution in [3.05, 3.63) is 78.0 Å². The van der Waals surface area contributed by atoms with Crippen LogP contribution in [0.1, 0.15) is 24.1 Å². The third kappa shape index (κ3) is 4.70. The van der Waals surface area contributed by atoms with Gasteiger partial charge in [-0.15, -0.1) is 0 Å². The Morgan fingerprint density at radius 2 is 1.76 bits per heavy atom. The van der Waals surface area contributed by atoms with Crippen LogP contribution in [0.5, 0.6) is 5.75 Å². The Kier molecular flexibility index (Phi) is 5.46. The van der Waals surface area contributed by atoms with Gasteiger partial charge in [0.2, 0.25) is 5.95 Å². The Bertz CT molecular complexity index is 790. The van der Waals surface area contributed by atoms with Gasteiger partial charge in [-0.25, -0.2) is 4.98 Å². The van der Waals surface area contributed by atoms with Gasteiger partial charge in [-0.05, 0) is 36.2 Å². The number of benzene rings is 2. The molecule has 0 aliphatic heterocycles. The molecule has 2 aromatic carbocycles. The molecule has 3 aromatic rings. The maximum absolute atomic E-state index is 5.17. The van der Waals surface area contributed by atoms with Crippen molar-refractivity contribution in [2.75, 3.05) is 17.7 Å². The van der Waals surface area contributed by atoms with Crippen molar-refractivity contribution in [2.24, 2.45) is 0 Å². The van der Waals surface area contributed by atoms with Gasteiger partial charge in [-0.1, -0.05) is 42.5 Å². The molecule has 5 heteroatoms. The lowest BCUT2D eigenvalue weighted by Gasteiger charge is -2.15. The fourth-order valence-electron chi connectivity index (χ4n) is 2.48. The molecule has 1 heterocycles. The van der Waals surface area contributed by atoms with E-state index in [0.29, 0.717) is 12.5 Å². The summed E-state index contributed by atoms with van der Waals surface area (Å²) in [7, 11) is 1.67. The van der Waals surface area contributed by atoms with Crippen LogP contribution < -0.4 is 15.4 Å². The molecule has 1 atom stereocenters. The molecule has 0 spiro atoms. The quantitative estimate of drug-likeness (QED) is 0.676. The molecule has 0 saturated carbocycles. The Hall–Kier alpha value is -3.08. The minimum atomic E-state index is 0.137. The topological polar surface area (TPSA) is 59.1 Å². The van der Waals surface area contributed by atoms with Crippen molar-refractivity contribution in [1.82, 2.24) is 9.97 Å². The summed E-state index contributed by atoms with van der Waals surface area (Å²) in [6.45, 7) is 2.78. The van der Waals surface area contributed by atoms with Gasteiger partial charge in [-0.3, -0.25) is 0 Å². The lowest BCUT2D eigenvalue weighted by Crippen LogP contribution is -2.10. The Morgan fingerprint density at radius 1 is 1.00 bits per heavy atom. The second-order valence-corrected chi connectivity index (χ2v) is 5.74. The molecule has 2 N–H and O–H groups in total. The van der Waals surface area contributed by atoms with E-state index in [1.807, 2.05) is 48.5 Å². The normalized spacial score (nSPS) is 11.6. The first-order valence-electron chi connectivity index (χ1n) is 8.26. The number of nitrogens with one attached hydrogen (secondary N) is 2. The average Bonchev–Trinajstić information content (AvgIpc) is 2.68. The van der Waals surface area contributed by atoms with Gasteiger partial charge < -0.3 is 15.4 Å². The molecule has 0 radical (unpaired) electrons. The van der Waals surface area contributed by atoms with Crippen LogP contribution in [0.4, 0.5) is 11.8 Å². The molecule has 5 nitrogen and oxygen atoms in total. The minimum Gasteiger partial charge on any atom is -0.497 e. The van der Waals surface area contributed by atoms with Gasteiger partial charge in [-0.2, -0.15) is 4.98 Å². The summed E-state index contributed by atoms with van der Waals surface area (Å²) < 4.78 is 5.17. The number of anilines is 2. The Balaban J connectivity index is 1.61. The second-order valence-electron chi connectivity index (χ2n) is 5.74. The van der Waals surface area contributed by atoms with E-state index in [4.69, 9.17) is 4.74 Å². The average molecular weight is 334 g/mol. The van der Waals surface area contributed by atoms with Gasteiger partial charge in [0.05, 0.1) is 13.2 Å². The highest BCUT2D eigenvalue weighted by molar-refractivity contribution is 5.42. The molecule has 128 valence electrons. The van der Waals surface area contributed by atoms with Crippen LogP contribution >= 0.6 is 0 Å². The molecule has 0 bridgehead atoms. The Labute approximate surface area is 148 Å². The second kappa shape index (κ2) is 8.15. The number of ether oxygens (including phenoxy) is 1. The lowest BCUT2D eigenvalue weighted by molar-refractivity contribution is 0.414. The van der Waals surface area contributed by atoms with Gasteiger partial charge >= 0.3 is 0 Å². The SMILES string of the molecule is COc1ccc(CNc2ccnc(NC(C)c3ccccc3)n2)cc1. The van der Waals surface area contributed by atoms with E-state index in [1.165, 1.54) is 5.56 Å². The molecule has 3 rings (SSSR count). The van der Waals surface area contributed by atoms with Crippen LogP contribution in [0.15, 0.2) is 66.9 Å². The van der Waals surface area contributed by atoms with E-state index in [1.54, 1.807) is 13.3 Å². The number of hydrogen-bond donors (Lipinski definition) is 2. The van der Waals surface area contributed by atoms with Crippen molar-refractivity contribution in [1.29, 1.82) is 0 Å². The van der Waals surface area contributed by atoms with Crippen molar-refractivity contribution in [3.8, 4) is 5.75 Å². The van der Waals surface area contributed by atoms with E-state index in [9.17, 15) is 0 Å². The smallest absolute Gasteiger partial charge is 0.225 e. The first-order chi connectivity index (χ1) is 12.2. The van der Waals surface area contributed by atoms with Crippen LogP contribution in [-0.4, -0.2) is 17.1 Å². The molecule has 0 aliphatic carbocycles. The Morgan fingerprint density at radius 3 is 2.48 bits per heavy atom. The third-order valence-corrected chi connectivity index (χ3v) is 3.93. The summed E-state index contributed by atoms with van der Waals surface area (Å²) >= 11 is 0. The molecule has 1 aromatic heterocycles. The van der Waals surface area contributed by atoms with Gasteiger partial charge in [0, 0.05) is 12.7 Å². The molecular formula is C20H22N4O. The van der Waals surface area contributed by atoms with Crippen LogP contribution in [-0.2, 0) is 6.54 Å². The molecule has 0 amide bonds. The van der Waals surface area contributed by atoms with Gasteiger partial charge in [0.25, 0.3) is 0 Å². The predicted molar refractivity (Wildman–Crippen MR) is 101 cm³/mol. The number of hydrogen-bond acceptors (Lipinski definition) is 5. The molecule has 0 saturated heterocycles. The summed E-state index contributed by atoms with van der Waals surface area (Å²) in [5, 5.41) is 6.65. The first-order valence-corrected chi connectivity index (χ1v) is 8.26. The predicted octanol–water partition coefficient (Wildman–Crippen LogP) is 4.27. The first kappa shape index (κ1) is 16.8. The summed E-state index contributed by atoms with van der Waals surface area (Å²) in [5.41, 5.74) is 2.36. The molecule has 0 fully saturated rings. The zero-order valence-corrected chi connectivity index (χ0v) is 14.4. The zero-order valence-electron chi connectivity index (χ0n) is 14.4. The number of aromatic nitrogens is 2. The zero-order chi connectivity index (χ0) is 17.5. The number of methoxy groups -OCH3 is 1. The molecular weight excluding hydrogens is 312 g/mol. The van der Waals surface area contributed by atoms with Gasteiger partial charge in [0.15, 0.2) is 0 Å². The van der Waals surface area contributed by atoms with E-state index in [-0.39, 0.29) is 6.04 Å². The highest BCUT2D eigenvalue weighted by Gasteiger charge is 2.07. The highest BCUT2D eigenvalue weighted by atomic mass is 16.5. The van der Waals surface area contributed by atoms with Crippen LogP contribution in [0.3, 0.4) is 0 Å². The van der Waals surface area contributed by atoms with Crippen molar-refractivity contribution in [3.63, 3.8) is 0 Å². The monoisotopic (exact) mass is 334 g/mol. The third-order valence-electron chi connectivity index (χ3n) is 3.93. The highest BCUT2D eigenvalue weighted by Crippen LogP contribution is 2.17. The van der Waals surface area contributed by atoms with Gasteiger partial charge in [0.1, 0.15) is 11.6 Å². The minimum absolute atomic E-state index is 0.137. The van der Waals surface area contributed by atoms with Crippen molar-refractivity contribution < 1.29 is 4.74 Å². The largest absolute Gasteiger partial charge is 0.497 e. The van der Waals surface area contributed by atoms with Crippen molar-refractivity contribution in [2.45, 2.75) is 19.5 Å². The van der Waals surface area contributed by atoms with Crippen molar-refractivity contribution >= 4 is 11.8 Å². The standard InChI is InChI=1S/C20H22N4O/c1-15(17-6-4-3-5-7-17)23-20-21-13-12-19(24-20)22-14-16-8-10-18(25-2)11-9-16/h3-13,15H,14H2,1-2H3,(H2,21,22,23,24). The summed E-state index contributed by atoms with van der Waals surface area (Å²) in [6.07, 6.45) is 1.75. The number of nitrogens with zero attached hydrogens (tertiary/aromatic N) is 2. The van der Waals surface area contributed by atoms with Crippen LogP contribution in [0.2, 0.25) is 0 Å². The fourth-order valence-corrected chi connectivity index (χ4v) is 2.48. The molecule has 0 aliphatic rings. The lowest BCUT2D eigenvalue weighted by atomic mass is 10.1. The summed E-state index contributed by atoms with van der Waals surface area (Å²) in [5.74, 6) is 2.25. The van der Waals surface area contributed by atoms with E-state index in [2.05, 4.69) is 39.7 Å². The van der Waals surface area contributed by atoms with Crippen LogP contribution in [0, 0.1) is 0 Å². The van der Waals surface area contributed by atoms with E-state index in [0.717, 1.165) is 17.1 Å². The maximum atomic E-state index is 5.17. The summed E-state index contributed by atoms with van der Waals surface area (Å²) in [6, 6.07) is 20.2.